The fraction of sp³-hybridized carbons (Fsp3) is 0.147. The molecular weight excluding hydrogens is 528 g/mol. The van der Waals surface area contributed by atoms with E-state index in [-0.39, 0.29) is 23.1 Å². The highest BCUT2D eigenvalue weighted by Gasteiger charge is 2.68. The van der Waals surface area contributed by atoms with Crippen LogP contribution in [0.3, 0.4) is 0 Å². The Hall–Kier alpha value is -5.55. The molecule has 2 bridgehead atoms. The first kappa shape index (κ1) is 25.4. The molecule has 4 aromatic carbocycles. The summed E-state index contributed by atoms with van der Waals surface area (Å²) in [7, 11) is 1.49. The third kappa shape index (κ3) is 3.34. The molecule has 8 rings (SSSR count). The van der Waals surface area contributed by atoms with Gasteiger partial charge in [0.05, 0.1) is 41.2 Å². The highest BCUT2D eigenvalue weighted by Crippen LogP contribution is 2.63. The van der Waals surface area contributed by atoms with Crippen LogP contribution in [0, 0.1) is 23.2 Å². The molecule has 0 aromatic heterocycles. The van der Waals surface area contributed by atoms with E-state index in [0.29, 0.717) is 11.3 Å². The van der Waals surface area contributed by atoms with Crippen LogP contribution in [0.25, 0.3) is 0 Å². The summed E-state index contributed by atoms with van der Waals surface area (Å²) in [6.45, 7) is 0. The fourth-order valence-electron chi connectivity index (χ4n) is 7.14. The number of carbonyl (C=O) groups is 3. The number of nitrogens with zero attached hydrogens (tertiary/aromatic N) is 3. The Morgan fingerprint density at radius 2 is 1.52 bits per heavy atom. The summed E-state index contributed by atoms with van der Waals surface area (Å²) in [5.41, 5.74) is 5.91. The van der Waals surface area contributed by atoms with E-state index in [0.717, 1.165) is 22.3 Å². The van der Waals surface area contributed by atoms with Crippen molar-refractivity contribution in [3.8, 4) is 11.8 Å². The van der Waals surface area contributed by atoms with Crippen molar-refractivity contribution in [2.45, 2.75) is 11.3 Å². The van der Waals surface area contributed by atoms with Crippen LogP contribution in [-0.2, 0) is 15.0 Å². The van der Waals surface area contributed by atoms with Crippen molar-refractivity contribution in [1.82, 2.24) is 5.43 Å². The standard InChI is InChI=1S/C34H24N4O4/c1-42-27-17-9-5-13-23(27)31(39)37-36-19-34-24-14-6-3-11-21(24)28(22-12-4-7-15-25(22)34)29-30(34)33(41)38(32(29)40)26-16-8-2-10-20(26)18-35/h2-17,19,28-30H,1H3,(H,37,39)/b36-19+/t28?,29-,30-,34?/m1/s1. The van der Waals surface area contributed by atoms with Crippen LogP contribution in [0.4, 0.5) is 5.69 Å². The van der Waals surface area contributed by atoms with Gasteiger partial charge in [-0.3, -0.25) is 14.4 Å². The summed E-state index contributed by atoms with van der Waals surface area (Å²) < 4.78 is 5.34. The van der Waals surface area contributed by atoms with Gasteiger partial charge < -0.3 is 4.74 Å². The van der Waals surface area contributed by atoms with Gasteiger partial charge >= 0.3 is 0 Å². The maximum atomic E-state index is 14.5. The van der Waals surface area contributed by atoms with Gasteiger partial charge in [0.2, 0.25) is 11.8 Å². The number of anilines is 1. The average molecular weight is 553 g/mol. The lowest BCUT2D eigenvalue weighted by Crippen LogP contribution is -2.54. The summed E-state index contributed by atoms with van der Waals surface area (Å²) >= 11 is 0. The van der Waals surface area contributed by atoms with Crippen molar-refractivity contribution in [1.29, 1.82) is 5.26 Å². The summed E-state index contributed by atoms with van der Waals surface area (Å²) in [5, 5.41) is 14.2. The number of carbonyl (C=O) groups excluding carboxylic acids is 3. The van der Waals surface area contributed by atoms with Crippen LogP contribution < -0.4 is 15.1 Å². The van der Waals surface area contributed by atoms with E-state index in [1.54, 1.807) is 54.7 Å². The topological polar surface area (TPSA) is 112 Å². The molecule has 3 amide bonds. The van der Waals surface area contributed by atoms with E-state index in [4.69, 9.17) is 4.74 Å². The Labute approximate surface area is 241 Å². The van der Waals surface area contributed by atoms with Crippen LogP contribution in [0.1, 0.15) is 44.1 Å². The minimum Gasteiger partial charge on any atom is -0.496 e. The molecule has 0 radical (unpaired) electrons. The van der Waals surface area contributed by atoms with Crippen molar-refractivity contribution in [2.24, 2.45) is 16.9 Å². The molecular formula is C34H24N4O4. The zero-order valence-corrected chi connectivity index (χ0v) is 22.5. The monoisotopic (exact) mass is 552 g/mol. The van der Waals surface area contributed by atoms with Gasteiger partial charge in [0.15, 0.2) is 0 Å². The van der Waals surface area contributed by atoms with Gasteiger partial charge in [-0.05, 0) is 46.5 Å². The number of amides is 3. The number of nitriles is 1. The average Bonchev–Trinajstić information content (AvgIpc) is 3.31. The fourth-order valence-corrected chi connectivity index (χ4v) is 7.14. The van der Waals surface area contributed by atoms with Crippen molar-refractivity contribution in [2.75, 3.05) is 12.0 Å². The first-order valence-electron chi connectivity index (χ1n) is 13.6. The number of ether oxygens (including phenoxy) is 1. The SMILES string of the molecule is COc1ccccc1C(=O)N/N=C/C12c3ccccc3C(c3ccccc31)[C@H]1C(=O)N(c3ccccc3C#N)C(=O)[C@@H]12. The van der Waals surface area contributed by atoms with E-state index in [2.05, 4.69) is 16.6 Å². The minimum absolute atomic E-state index is 0.243. The molecule has 8 nitrogen and oxygen atoms in total. The third-order valence-corrected chi connectivity index (χ3v) is 8.74. The second-order valence-corrected chi connectivity index (χ2v) is 10.6. The maximum absolute atomic E-state index is 14.5. The second kappa shape index (κ2) is 9.53. The number of benzene rings is 4. The highest BCUT2D eigenvalue weighted by atomic mass is 16.5. The van der Waals surface area contributed by atoms with E-state index < -0.39 is 29.1 Å². The van der Waals surface area contributed by atoms with Gasteiger partial charge in [0, 0.05) is 12.1 Å². The first-order valence-corrected chi connectivity index (χ1v) is 13.6. The highest BCUT2D eigenvalue weighted by molar-refractivity contribution is 6.25. The largest absolute Gasteiger partial charge is 0.496 e. The lowest BCUT2D eigenvalue weighted by Gasteiger charge is -2.52. The Balaban J connectivity index is 1.41. The first-order chi connectivity index (χ1) is 20.5. The molecule has 1 heterocycles. The Bertz CT molecular complexity index is 1830. The molecule has 3 aliphatic carbocycles. The number of hydrazone groups is 1. The molecule has 204 valence electrons. The van der Waals surface area contributed by atoms with Crippen LogP contribution in [-0.4, -0.2) is 31.0 Å². The molecule has 8 heteroatoms. The lowest BCUT2D eigenvalue weighted by molar-refractivity contribution is -0.122. The normalized spacial score (nSPS) is 23.2. The molecule has 0 spiro atoms. The molecule has 1 aliphatic heterocycles. The molecule has 0 unspecified atom stereocenters. The van der Waals surface area contributed by atoms with Gasteiger partial charge in [-0.15, -0.1) is 0 Å². The summed E-state index contributed by atoms with van der Waals surface area (Å²) in [5.74, 6) is -2.72. The molecule has 4 aliphatic rings. The van der Waals surface area contributed by atoms with Crippen LogP contribution in [0.15, 0.2) is 102 Å². The third-order valence-electron chi connectivity index (χ3n) is 8.74. The molecule has 0 saturated carbocycles. The van der Waals surface area contributed by atoms with E-state index in [9.17, 15) is 19.6 Å². The second-order valence-electron chi connectivity index (χ2n) is 10.6. The molecule has 1 saturated heterocycles. The summed E-state index contributed by atoms with van der Waals surface area (Å²) in [4.78, 5) is 43.1. The molecule has 4 aromatic rings. The number of methoxy groups -OCH3 is 1. The van der Waals surface area contributed by atoms with Crippen molar-refractivity contribution in [3.63, 3.8) is 0 Å². The van der Waals surface area contributed by atoms with Gasteiger partial charge in [-0.25, -0.2) is 10.3 Å². The Morgan fingerprint density at radius 3 is 2.21 bits per heavy atom. The smallest absolute Gasteiger partial charge is 0.275 e. The number of imide groups is 1. The molecule has 2 atom stereocenters. The zero-order valence-electron chi connectivity index (χ0n) is 22.5. The minimum atomic E-state index is -1.15. The van der Waals surface area contributed by atoms with Gasteiger partial charge in [0.1, 0.15) is 11.8 Å². The van der Waals surface area contributed by atoms with E-state index >= 15 is 0 Å². The van der Waals surface area contributed by atoms with Crippen LogP contribution in [0.2, 0.25) is 0 Å². The Morgan fingerprint density at radius 1 is 0.905 bits per heavy atom. The number of para-hydroxylation sites is 2. The van der Waals surface area contributed by atoms with Gasteiger partial charge in [-0.1, -0.05) is 72.8 Å². The Kier molecular flexibility index (Phi) is 5.77. The lowest BCUT2D eigenvalue weighted by atomic mass is 9.47. The number of hydrogen-bond donors (Lipinski definition) is 1. The van der Waals surface area contributed by atoms with Crippen molar-refractivity contribution in [3.05, 3.63) is 130 Å². The molecule has 1 fully saturated rings. The number of hydrogen-bond acceptors (Lipinski definition) is 6. The van der Waals surface area contributed by atoms with Gasteiger partial charge in [-0.2, -0.15) is 10.4 Å². The molecule has 42 heavy (non-hydrogen) atoms. The quantitative estimate of drug-likeness (QED) is 0.222. The van der Waals surface area contributed by atoms with Crippen LogP contribution >= 0.6 is 0 Å². The summed E-state index contributed by atoms with van der Waals surface area (Å²) in [6.07, 6.45) is 1.61. The van der Waals surface area contributed by atoms with E-state index in [1.807, 2.05) is 48.5 Å². The predicted octanol–water partition coefficient (Wildman–Crippen LogP) is 4.53. The van der Waals surface area contributed by atoms with Gasteiger partial charge in [0.25, 0.3) is 5.91 Å². The molecule has 1 N–H and O–H groups in total. The van der Waals surface area contributed by atoms with Crippen molar-refractivity contribution >= 4 is 29.6 Å². The summed E-state index contributed by atoms with van der Waals surface area (Å²) in [6, 6.07) is 31.2. The number of rotatable bonds is 5. The maximum Gasteiger partial charge on any atom is 0.275 e. The van der Waals surface area contributed by atoms with E-state index in [1.165, 1.54) is 12.0 Å². The zero-order chi connectivity index (χ0) is 29.0. The van der Waals surface area contributed by atoms with Crippen LogP contribution in [0.5, 0.6) is 5.75 Å². The number of nitrogens with one attached hydrogen (secondary N) is 1. The predicted molar refractivity (Wildman–Crippen MR) is 155 cm³/mol. The van der Waals surface area contributed by atoms with Crippen molar-refractivity contribution < 1.29 is 19.1 Å².